The molecule has 0 radical (unpaired) electrons. The molecule has 1 unspecified atom stereocenters. The van der Waals surface area contributed by atoms with Crippen LogP contribution in [0.3, 0.4) is 0 Å². The molecule has 104 valence electrons. The van der Waals surface area contributed by atoms with E-state index < -0.39 is 5.54 Å². The molecule has 3 nitrogen and oxygen atoms in total. The van der Waals surface area contributed by atoms with Crippen LogP contribution in [0.1, 0.15) is 20.3 Å². The first kappa shape index (κ1) is 14.7. The molecule has 5 heteroatoms. The molecule has 0 aromatic heterocycles. The lowest BCUT2D eigenvalue weighted by molar-refractivity contribution is -0.122. The second-order valence-corrected chi connectivity index (χ2v) is 7.82. The molecule has 0 aliphatic carbocycles. The minimum atomic E-state index is -0.660. The van der Waals surface area contributed by atoms with Gasteiger partial charge in [-0.2, -0.15) is 11.8 Å². The van der Waals surface area contributed by atoms with E-state index in [2.05, 4.69) is 35.1 Å². The maximum Gasteiger partial charge on any atom is 0.243 e. The van der Waals surface area contributed by atoms with Gasteiger partial charge in [0.15, 0.2) is 0 Å². The minimum Gasteiger partial charge on any atom is -0.371 e. The topological polar surface area (TPSA) is 55.1 Å². The minimum absolute atomic E-state index is 0.108. The van der Waals surface area contributed by atoms with Crippen LogP contribution in [0.2, 0.25) is 0 Å². The highest BCUT2D eigenvalue weighted by molar-refractivity contribution is 9.10. The summed E-state index contributed by atoms with van der Waals surface area (Å²) < 4.78 is 0.986. The number of carbonyl (C=O) groups excluding carboxylic acids is 1. The Kier molecular flexibility index (Phi) is 4.16. The van der Waals surface area contributed by atoms with Gasteiger partial charge in [-0.15, -0.1) is 0 Å². The van der Waals surface area contributed by atoms with Crippen molar-refractivity contribution < 1.29 is 4.79 Å². The molecule has 1 atom stereocenters. The summed E-state index contributed by atoms with van der Waals surface area (Å²) in [5.41, 5.74) is 6.05. The third kappa shape index (κ3) is 3.45. The molecule has 1 fully saturated rings. The standard InChI is InChI=1S/C14H19BrN2OS/c1-13(2)7-14(12(16)18,9-19-8-13)17-11-5-3-4-10(15)6-11/h3-6,17H,7-9H2,1-2H3,(H2,16,18). The van der Waals surface area contributed by atoms with Gasteiger partial charge in [0, 0.05) is 15.9 Å². The number of halogens is 1. The normalized spacial score (nSPS) is 25.8. The van der Waals surface area contributed by atoms with E-state index in [9.17, 15) is 4.79 Å². The van der Waals surface area contributed by atoms with Crippen LogP contribution in [0.15, 0.2) is 28.7 Å². The van der Waals surface area contributed by atoms with Gasteiger partial charge in [-0.05, 0) is 35.8 Å². The van der Waals surface area contributed by atoms with Crippen LogP contribution in [0.5, 0.6) is 0 Å². The first-order valence-electron chi connectivity index (χ1n) is 6.24. The summed E-state index contributed by atoms with van der Waals surface area (Å²) >= 11 is 5.23. The molecule has 1 aromatic rings. The molecule has 0 spiro atoms. The van der Waals surface area contributed by atoms with Crippen LogP contribution in [0.4, 0.5) is 5.69 Å². The number of nitrogens with one attached hydrogen (secondary N) is 1. The highest BCUT2D eigenvalue weighted by Gasteiger charge is 2.45. The fourth-order valence-corrected chi connectivity index (χ4v) is 4.38. The zero-order chi connectivity index (χ0) is 14.1. The molecule has 1 amide bonds. The first-order chi connectivity index (χ1) is 8.83. The Morgan fingerprint density at radius 1 is 1.42 bits per heavy atom. The summed E-state index contributed by atoms with van der Waals surface area (Å²) in [6.45, 7) is 4.36. The molecule has 1 aliphatic heterocycles. The number of benzene rings is 1. The van der Waals surface area contributed by atoms with Crippen molar-refractivity contribution in [2.45, 2.75) is 25.8 Å². The van der Waals surface area contributed by atoms with Gasteiger partial charge in [-0.25, -0.2) is 0 Å². The molecule has 0 saturated carbocycles. The zero-order valence-electron chi connectivity index (χ0n) is 11.2. The molecule has 19 heavy (non-hydrogen) atoms. The molecular formula is C14H19BrN2OS. The molecule has 1 heterocycles. The number of carbonyl (C=O) groups is 1. The van der Waals surface area contributed by atoms with Gasteiger partial charge in [0.05, 0.1) is 0 Å². The summed E-state index contributed by atoms with van der Waals surface area (Å²) in [6, 6.07) is 7.84. The van der Waals surface area contributed by atoms with Crippen LogP contribution in [0.25, 0.3) is 0 Å². The number of amides is 1. The fraction of sp³-hybridized carbons (Fsp3) is 0.500. The van der Waals surface area contributed by atoms with E-state index in [4.69, 9.17) is 5.73 Å². The number of thioether (sulfide) groups is 1. The fourth-order valence-electron chi connectivity index (χ4n) is 2.56. The van der Waals surface area contributed by atoms with E-state index in [0.29, 0.717) is 0 Å². The van der Waals surface area contributed by atoms with Crippen LogP contribution in [-0.4, -0.2) is 23.0 Å². The maximum absolute atomic E-state index is 12.0. The van der Waals surface area contributed by atoms with Crippen molar-refractivity contribution in [3.63, 3.8) is 0 Å². The van der Waals surface area contributed by atoms with E-state index in [1.807, 2.05) is 24.3 Å². The first-order valence-corrected chi connectivity index (χ1v) is 8.19. The van der Waals surface area contributed by atoms with Crippen molar-refractivity contribution >= 4 is 39.3 Å². The number of rotatable bonds is 3. The third-order valence-corrected chi connectivity index (χ3v) is 5.48. The smallest absolute Gasteiger partial charge is 0.243 e. The van der Waals surface area contributed by atoms with Crippen molar-refractivity contribution in [3.8, 4) is 0 Å². The van der Waals surface area contributed by atoms with E-state index in [-0.39, 0.29) is 11.3 Å². The van der Waals surface area contributed by atoms with E-state index in [1.54, 1.807) is 11.8 Å². The predicted octanol–water partition coefficient (Wildman–Crippen LogP) is 3.25. The number of nitrogens with two attached hydrogens (primary N) is 1. The molecule has 1 saturated heterocycles. The second kappa shape index (κ2) is 5.37. The summed E-state index contributed by atoms with van der Waals surface area (Å²) in [7, 11) is 0. The highest BCUT2D eigenvalue weighted by Crippen LogP contribution is 2.41. The van der Waals surface area contributed by atoms with Gasteiger partial charge in [0.1, 0.15) is 5.54 Å². The highest BCUT2D eigenvalue weighted by atomic mass is 79.9. The number of anilines is 1. The van der Waals surface area contributed by atoms with Crippen LogP contribution >= 0.6 is 27.7 Å². The van der Waals surface area contributed by atoms with Gasteiger partial charge in [0.25, 0.3) is 0 Å². The van der Waals surface area contributed by atoms with Crippen molar-refractivity contribution in [1.82, 2.24) is 0 Å². The van der Waals surface area contributed by atoms with E-state index in [0.717, 1.165) is 28.1 Å². The SMILES string of the molecule is CC1(C)CSCC(Nc2cccc(Br)c2)(C(N)=O)C1. The van der Waals surface area contributed by atoms with E-state index >= 15 is 0 Å². The largest absolute Gasteiger partial charge is 0.371 e. The quantitative estimate of drug-likeness (QED) is 0.886. The van der Waals surface area contributed by atoms with Crippen LogP contribution < -0.4 is 11.1 Å². The predicted molar refractivity (Wildman–Crippen MR) is 85.4 cm³/mol. The average Bonchev–Trinajstić information content (AvgIpc) is 2.27. The van der Waals surface area contributed by atoms with Crippen LogP contribution in [0, 0.1) is 5.41 Å². The lowest BCUT2D eigenvalue weighted by Gasteiger charge is -2.43. The van der Waals surface area contributed by atoms with Gasteiger partial charge >= 0.3 is 0 Å². The number of primary amides is 1. The maximum atomic E-state index is 12.0. The number of hydrogen-bond acceptors (Lipinski definition) is 3. The van der Waals surface area contributed by atoms with Gasteiger partial charge < -0.3 is 11.1 Å². The lowest BCUT2D eigenvalue weighted by atomic mass is 9.79. The summed E-state index contributed by atoms with van der Waals surface area (Å²) in [5, 5.41) is 3.36. The Morgan fingerprint density at radius 3 is 2.74 bits per heavy atom. The summed E-state index contributed by atoms with van der Waals surface area (Å²) in [5.74, 6) is 1.51. The Morgan fingerprint density at radius 2 is 2.16 bits per heavy atom. The molecule has 1 aliphatic rings. The van der Waals surface area contributed by atoms with Gasteiger partial charge in [-0.1, -0.05) is 35.8 Å². The lowest BCUT2D eigenvalue weighted by Crippen LogP contribution is -2.57. The molecule has 0 bridgehead atoms. The Labute approximate surface area is 126 Å². The van der Waals surface area contributed by atoms with Crippen molar-refractivity contribution in [1.29, 1.82) is 0 Å². The van der Waals surface area contributed by atoms with Crippen molar-refractivity contribution in [3.05, 3.63) is 28.7 Å². The summed E-state index contributed by atoms with van der Waals surface area (Å²) in [6.07, 6.45) is 0.759. The van der Waals surface area contributed by atoms with Crippen molar-refractivity contribution in [2.75, 3.05) is 16.8 Å². The third-order valence-electron chi connectivity index (χ3n) is 3.30. The Bertz CT molecular complexity index is 492. The monoisotopic (exact) mass is 342 g/mol. The molecule has 1 aromatic carbocycles. The molecule has 2 rings (SSSR count). The van der Waals surface area contributed by atoms with Crippen LogP contribution in [-0.2, 0) is 4.79 Å². The van der Waals surface area contributed by atoms with Gasteiger partial charge in [-0.3, -0.25) is 4.79 Å². The Balaban J connectivity index is 2.28. The Hall–Kier alpha value is -0.680. The second-order valence-electron chi connectivity index (χ2n) is 5.92. The summed E-state index contributed by atoms with van der Waals surface area (Å²) in [4.78, 5) is 12.0. The van der Waals surface area contributed by atoms with Crippen molar-refractivity contribution in [2.24, 2.45) is 11.1 Å². The number of hydrogen-bond donors (Lipinski definition) is 2. The average molecular weight is 343 g/mol. The molecule has 3 N–H and O–H groups in total. The van der Waals surface area contributed by atoms with E-state index in [1.165, 1.54) is 0 Å². The van der Waals surface area contributed by atoms with Gasteiger partial charge in [0.2, 0.25) is 5.91 Å². The molecular weight excluding hydrogens is 324 g/mol. The zero-order valence-corrected chi connectivity index (χ0v) is 13.6.